The molecule has 0 bridgehead atoms. The lowest BCUT2D eigenvalue weighted by Crippen LogP contribution is -2.60. The summed E-state index contributed by atoms with van der Waals surface area (Å²) in [5.74, 6) is -8.64. The fourth-order valence-corrected chi connectivity index (χ4v) is 7.31. The number of aliphatic carboxylic acids is 2. The Kier molecular flexibility index (Phi) is 28.4. The quantitative estimate of drug-likeness (QED) is 0.0406. The summed E-state index contributed by atoms with van der Waals surface area (Å²) in [6, 6.07) is 7.36. The van der Waals surface area contributed by atoms with Crippen LogP contribution in [0.25, 0.3) is 10.9 Å². The number of primary amides is 1. The van der Waals surface area contributed by atoms with Crippen LogP contribution in [0.2, 0.25) is 0 Å². The van der Waals surface area contributed by atoms with E-state index in [-0.39, 0.29) is 31.4 Å². The molecule has 0 fully saturated rings. The van der Waals surface area contributed by atoms with Crippen LogP contribution in [0, 0.1) is 5.92 Å². The number of phenols is 1. The lowest BCUT2D eigenvalue weighted by Gasteiger charge is -2.28. The minimum Gasteiger partial charge on any atom is -0.508 e. The number of hydrogen-bond donors (Lipinski definition) is 12. The molecule has 15 N–H and O–H groups in total. The Balaban J connectivity index is 0.00000166. The van der Waals surface area contributed by atoms with Crippen molar-refractivity contribution < 1.29 is 80.0 Å². The van der Waals surface area contributed by atoms with Crippen LogP contribution in [0.5, 0.6) is 5.75 Å². The van der Waals surface area contributed by atoms with Crippen molar-refractivity contribution in [1.82, 2.24) is 31.6 Å². The third-order valence-electron chi connectivity index (χ3n) is 10.3. The number of carbonyl (C=O) groups excluding carboxylic acids is 6. The second-order valence-corrected chi connectivity index (χ2v) is 18.3. The summed E-state index contributed by atoms with van der Waals surface area (Å²) in [7, 11) is 0. The van der Waals surface area contributed by atoms with Crippen molar-refractivity contribution in [2.45, 2.75) is 107 Å². The van der Waals surface area contributed by atoms with Crippen LogP contribution < -0.4 is 43.8 Å². The number of aromatic hydroxyl groups is 1. The van der Waals surface area contributed by atoms with Gasteiger partial charge in [0.1, 0.15) is 36.0 Å². The summed E-state index contributed by atoms with van der Waals surface area (Å²) < 4.78 is 63.5. The number of fused-ring (bicyclic) bond motifs is 1. The summed E-state index contributed by atoms with van der Waals surface area (Å²) in [5, 5.41) is 38.9. The number of halogens is 6. The van der Waals surface area contributed by atoms with Gasteiger partial charge in [0.05, 0.1) is 6.04 Å². The third-order valence-corrected chi connectivity index (χ3v) is 11.6. The molecule has 0 radical (unpaired) electrons. The van der Waals surface area contributed by atoms with Crippen LogP contribution in [-0.2, 0) is 51.2 Å². The molecule has 0 saturated carbocycles. The van der Waals surface area contributed by atoms with E-state index in [1.807, 2.05) is 36.8 Å². The third kappa shape index (κ3) is 24.3. The van der Waals surface area contributed by atoms with Gasteiger partial charge in [0.25, 0.3) is 0 Å². The minimum absolute atomic E-state index is 0.00869. The summed E-state index contributed by atoms with van der Waals surface area (Å²) in [6.45, 7) is 3.85. The molecule has 20 nitrogen and oxygen atoms in total. The fraction of sp³-hybridized carbons (Fsp3) is 0.511. The molecule has 0 aliphatic carbocycles. The largest absolute Gasteiger partial charge is 0.508 e. The number of H-pyrrole nitrogens is 1. The Morgan fingerprint density at radius 2 is 1.11 bits per heavy atom. The van der Waals surface area contributed by atoms with Gasteiger partial charge in [-0.2, -0.15) is 49.9 Å². The van der Waals surface area contributed by atoms with Crippen LogP contribution >= 0.6 is 23.5 Å². The highest BCUT2D eigenvalue weighted by atomic mass is 32.2. The zero-order valence-corrected chi connectivity index (χ0v) is 41.9. The maximum absolute atomic E-state index is 14.2. The van der Waals surface area contributed by atoms with E-state index in [1.54, 1.807) is 32.2 Å². The Labute approximate surface area is 424 Å². The van der Waals surface area contributed by atoms with Crippen molar-refractivity contribution in [1.29, 1.82) is 0 Å². The number of phenolic OH excluding ortho intramolecular Hbond substituents is 1. The first-order valence-electron chi connectivity index (χ1n) is 22.2. The molecule has 6 unspecified atom stereocenters. The normalized spacial score (nSPS) is 13.8. The van der Waals surface area contributed by atoms with E-state index in [0.29, 0.717) is 42.9 Å². The number of unbranched alkanes of at least 4 members (excludes halogenated alkanes) is 1. The van der Waals surface area contributed by atoms with Crippen molar-refractivity contribution >= 4 is 81.8 Å². The van der Waals surface area contributed by atoms with Crippen LogP contribution in [0.3, 0.4) is 0 Å². The standard InChI is InChI=1S/C41H61N9O7S2.2C2HF3O2/c1-24(2)35(41(57)46-31(36(44)52)16-19-58-3)50-39(55)33(17-20-59-4)48-40(56)34(21-25-12-14-27(51)15-13-25)49-38(54)32(11-7-8-18-42)47-37(53)29(43)22-26-23-45-30-10-6-5-9-28(26)30;2*3-2(4,5)1(6)7/h5-6,9-10,12-15,23-24,29,31-35,45,51H,7-8,11,16-22,42-43H2,1-4H3,(H2,44,52)(H,46,57)(H,47,53)(H,48,56)(H,49,54)(H,50,55);2*(H,6,7). The zero-order chi connectivity index (χ0) is 55.6. The highest BCUT2D eigenvalue weighted by Gasteiger charge is 2.39. The summed E-state index contributed by atoms with van der Waals surface area (Å²) >= 11 is 2.95. The van der Waals surface area contributed by atoms with Gasteiger partial charge in [0.2, 0.25) is 35.4 Å². The minimum atomic E-state index is -5.08. The lowest BCUT2D eigenvalue weighted by molar-refractivity contribution is -0.193. The van der Waals surface area contributed by atoms with Crippen molar-refractivity contribution in [2.75, 3.05) is 30.6 Å². The van der Waals surface area contributed by atoms with Gasteiger partial charge in [0, 0.05) is 23.5 Å². The van der Waals surface area contributed by atoms with Gasteiger partial charge in [-0.3, -0.25) is 28.8 Å². The molecule has 0 aliphatic rings. The molecule has 0 spiro atoms. The van der Waals surface area contributed by atoms with Gasteiger partial charge in [0.15, 0.2) is 0 Å². The van der Waals surface area contributed by atoms with Gasteiger partial charge < -0.3 is 64.1 Å². The van der Waals surface area contributed by atoms with Crippen molar-refractivity contribution in [2.24, 2.45) is 23.1 Å². The number of carboxylic acids is 2. The van der Waals surface area contributed by atoms with Gasteiger partial charge in [-0.1, -0.05) is 44.2 Å². The number of thioether (sulfide) groups is 2. The molecule has 408 valence electrons. The Morgan fingerprint density at radius 1 is 0.644 bits per heavy atom. The second kappa shape index (κ2) is 32.0. The smallest absolute Gasteiger partial charge is 0.490 e. The van der Waals surface area contributed by atoms with Crippen LogP contribution in [0.4, 0.5) is 26.3 Å². The average molecular weight is 1080 g/mol. The Morgan fingerprint density at radius 3 is 1.62 bits per heavy atom. The molecule has 0 saturated heterocycles. The molecule has 1 heterocycles. The van der Waals surface area contributed by atoms with Gasteiger partial charge >= 0.3 is 24.3 Å². The number of nitrogens with two attached hydrogens (primary N) is 3. The van der Waals surface area contributed by atoms with Gasteiger partial charge in [-0.05, 0) is 104 Å². The number of carbonyl (C=O) groups is 8. The van der Waals surface area contributed by atoms with E-state index in [0.717, 1.165) is 16.5 Å². The molecule has 28 heteroatoms. The number of rotatable bonds is 26. The molecule has 6 amide bonds. The van der Waals surface area contributed by atoms with E-state index < -0.39 is 102 Å². The van der Waals surface area contributed by atoms with Crippen molar-refractivity contribution in [3.8, 4) is 5.75 Å². The van der Waals surface area contributed by atoms with Crippen LogP contribution in [0.15, 0.2) is 54.7 Å². The number of amides is 6. The molecule has 2 aromatic carbocycles. The molecular formula is C45H63F6N9O11S2. The fourth-order valence-electron chi connectivity index (χ4n) is 6.37. The molecule has 73 heavy (non-hydrogen) atoms. The van der Waals surface area contributed by atoms with E-state index in [9.17, 15) is 60.2 Å². The first-order valence-corrected chi connectivity index (χ1v) is 25.0. The number of hydrogen-bond acceptors (Lipinski definition) is 13. The molecule has 6 atom stereocenters. The Bertz CT molecular complexity index is 2250. The monoisotopic (exact) mass is 1080 g/mol. The number of alkyl halides is 6. The SMILES string of the molecule is CSCCC(NC(=O)C(NC(=O)C(CCSC)NC(=O)C(Cc1ccc(O)cc1)NC(=O)C(CCCCN)NC(=O)C(N)Cc1c[nH]c2ccccc12)C(C)C)C(N)=O.O=C(O)C(F)(F)F.O=C(O)C(F)(F)F. The molecule has 3 rings (SSSR count). The number of carboxylic acid groups (broad SMARTS) is 2. The molecule has 0 aliphatic heterocycles. The van der Waals surface area contributed by atoms with E-state index in [1.165, 1.54) is 35.7 Å². The number of benzene rings is 2. The van der Waals surface area contributed by atoms with Crippen LogP contribution in [-0.4, -0.2) is 147 Å². The molecule has 3 aromatic rings. The zero-order valence-electron chi connectivity index (χ0n) is 40.2. The number of aromatic nitrogens is 1. The lowest BCUT2D eigenvalue weighted by atomic mass is 10.0. The number of aromatic amines is 1. The number of nitrogens with one attached hydrogen (secondary N) is 6. The van der Waals surface area contributed by atoms with E-state index >= 15 is 0 Å². The second-order valence-electron chi connectivity index (χ2n) is 16.4. The maximum Gasteiger partial charge on any atom is 0.490 e. The van der Waals surface area contributed by atoms with Crippen LogP contribution in [0.1, 0.15) is 57.1 Å². The summed E-state index contributed by atoms with van der Waals surface area (Å²) in [4.78, 5) is 102. The first-order chi connectivity index (χ1) is 34.1. The topological polar surface area (TPSA) is 351 Å². The average Bonchev–Trinajstić information content (AvgIpc) is 3.72. The predicted octanol–water partition coefficient (Wildman–Crippen LogP) is 2.45. The molecular weight excluding hydrogens is 1020 g/mol. The maximum atomic E-state index is 14.2. The van der Waals surface area contributed by atoms with E-state index in [4.69, 9.17) is 37.0 Å². The predicted molar refractivity (Wildman–Crippen MR) is 262 cm³/mol. The van der Waals surface area contributed by atoms with Gasteiger partial charge in [-0.15, -0.1) is 0 Å². The Hall–Kier alpha value is -6.26. The highest BCUT2D eigenvalue weighted by Crippen LogP contribution is 2.20. The first kappa shape index (κ1) is 64.8. The number of para-hydroxylation sites is 1. The summed E-state index contributed by atoms with van der Waals surface area (Å²) in [6.07, 6.45) is -2.67. The van der Waals surface area contributed by atoms with Crippen molar-refractivity contribution in [3.05, 3.63) is 65.9 Å². The van der Waals surface area contributed by atoms with E-state index in [2.05, 4.69) is 31.6 Å². The van der Waals surface area contributed by atoms with Crippen molar-refractivity contribution in [3.63, 3.8) is 0 Å². The highest BCUT2D eigenvalue weighted by molar-refractivity contribution is 7.98. The van der Waals surface area contributed by atoms with Gasteiger partial charge in [-0.25, -0.2) is 9.59 Å². The summed E-state index contributed by atoms with van der Waals surface area (Å²) in [5.41, 5.74) is 20.0. The molecule has 1 aromatic heterocycles.